The first-order valence-electron chi connectivity index (χ1n) is 4.93. The lowest BCUT2D eigenvalue weighted by molar-refractivity contribution is -0.131. The molecule has 3 nitrogen and oxygen atoms in total. The highest BCUT2D eigenvalue weighted by molar-refractivity contribution is 5.80. The summed E-state index contributed by atoms with van der Waals surface area (Å²) in [7, 11) is 0. The zero-order valence-electron chi connectivity index (χ0n) is 9.03. The Hall–Kier alpha value is -1.68. The van der Waals surface area contributed by atoms with Gasteiger partial charge in [-0.3, -0.25) is 0 Å². The molecule has 0 radical (unpaired) electrons. The van der Waals surface area contributed by atoms with Crippen LogP contribution >= 0.6 is 0 Å². The highest BCUT2D eigenvalue weighted by Crippen LogP contribution is 2.02. The maximum Gasteiger partial charge on any atom is 0.328 e. The summed E-state index contributed by atoms with van der Waals surface area (Å²) >= 11 is 0. The average molecular weight is 223 g/mol. The van der Waals surface area contributed by atoms with E-state index in [4.69, 9.17) is 5.11 Å². The van der Waals surface area contributed by atoms with E-state index in [0.717, 1.165) is 17.2 Å². The van der Waals surface area contributed by atoms with E-state index in [0.29, 0.717) is 13.1 Å². The van der Waals surface area contributed by atoms with E-state index in [-0.39, 0.29) is 5.82 Å². The molecule has 0 aliphatic carbocycles. The molecule has 16 heavy (non-hydrogen) atoms. The van der Waals surface area contributed by atoms with Gasteiger partial charge in [0.15, 0.2) is 0 Å². The van der Waals surface area contributed by atoms with Crippen LogP contribution in [-0.4, -0.2) is 17.6 Å². The Kier molecular flexibility index (Phi) is 4.66. The van der Waals surface area contributed by atoms with E-state index in [1.54, 1.807) is 19.1 Å². The molecule has 0 fully saturated rings. The van der Waals surface area contributed by atoms with Gasteiger partial charge in [-0.05, 0) is 24.6 Å². The molecule has 0 aliphatic rings. The molecule has 0 amide bonds. The van der Waals surface area contributed by atoms with Crippen LogP contribution in [0.3, 0.4) is 0 Å². The minimum atomic E-state index is -0.943. The maximum absolute atomic E-state index is 12.6. The summed E-state index contributed by atoms with van der Waals surface area (Å²) in [4.78, 5) is 10.3. The lowest BCUT2D eigenvalue weighted by Crippen LogP contribution is -2.16. The molecule has 0 unspecified atom stereocenters. The van der Waals surface area contributed by atoms with Gasteiger partial charge in [0.25, 0.3) is 0 Å². The molecule has 0 saturated heterocycles. The Morgan fingerprint density at radius 3 is 2.62 bits per heavy atom. The second kappa shape index (κ2) is 6.02. The molecule has 0 aliphatic heterocycles. The van der Waals surface area contributed by atoms with Crippen molar-refractivity contribution in [1.29, 1.82) is 0 Å². The molecule has 1 rings (SSSR count). The molecule has 0 bridgehead atoms. The zero-order chi connectivity index (χ0) is 12.0. The highest BCUT2D eigenvalue weighted by atomic mass is 19.1. The molecule has 2 N–H and O–H groups in total. The Morgan fingerprint density at radius 2 is 2.06 bits per heavy atom. The fourth-order valence-corrected chi connectivity index (χ4v) is 1.27. The van der Waals surface area contributed by atoms with Crippen LogP contribution in [0.4, 0.5) is 4.39 Å². The van der Waals surface area contributed by atoms with Crippen molar-refractivity contribution in [3.8, 4) is 0 Å². The number of benzene rings is 1. The summed E-state index contributed by atoms with van der Waals surface area (Å²) in [6, 6.07) is 6.19. The summed E-state index contributed by atoms with van der Waals surface area (Å²) in [5.41, 5.74) is 1.71. The van der Waals surface area contributed by atoms with Crippen LogP contribution in [0.1, 0.15) is 12.5 Å². The van der Waals surface area contributed by atoms with E-state index < -0.39 is 5.97 Å². The molecule has 4 heteroatoms. The predicted octanol–water partition coefficient (Wildman–Crippen LogP) is 1.95. The van der Waals surface area contributed by atoms with Crippen LogP contribution < -0.4 is 5.32 Å². The van der Waals surface area contributed by atoms with Gasteiger partial charge in [0.05, 0.1) is 0 Å². The lowest BCUT2D eigenvalue weighted by atomic mass is 10.2. The van der Waals surface area contributed by atoms with Gasteiger partial charge >= 0.3 is 5.97 Å². The number of nitrogens with one attached hydrogen (secondary N) is 1. The minimum absolute atomic E-state index is 0.259. The van der Waals surface area contributed by atoms with Crippen LogP contribution in [0.5, 0.6) is 0 Å². The predicted molar refractivity (Wildman–Crippen MR) is 59.5 cm³/mol. The van der Waals surface area contributed by atoms with Gasteiger partial charge in [0.1, 0.15) is 5.82 Å². The van der Waals surface area contributed by atoms with Gasteiger partial charge in [-0.1, -0.05) is 17.7 Å². The second-order valence-corrected chi connectivity index (χ2v) is 3.56. The topological polar surface area (TPSA) is 49.3 Å². The number of carbonyl (C=O) groups is 1. The van der Waals surface area contributed by atoms with Crippen molar-refractivity contribution >= 4 is 5.97 Å². The SMILES string of the molecule is C/C(=C/C(=O)O)CNCc1ccc(F)cc1. The van der Waals surface area contributed by atoms with Crippen LogP contribution in [-0.2, 0) is 11.3 Å². The van der Waals surface area contributed by atoms with E-state index in [9.17, 15) is 9.18 Å². The fraction of sp³-hybridized carbons (Fsp3) is 0.250. The number of rotatable bonds is 5. The minimum Gasteiger partial charge on any atom is -0.478 e. The van der Waals surface area contributed by atoms with Gasteiger partial charge in [-0.25, -0.2) is 9.18 Å². The Balaban J connectivity index is 2.36. The summed E-state index contributed by atoms with van der Waals surface area (Å²) in [6.45, 7) is 2.83. The standard InChI is InChI=1S/C12H14FNO2/c1-9(6-12(15)16)7-14-8-10-2-4-11(13)5-3-10/h2-6,14H,7-8H2,1H3,(H,15,16)/b9-6-. The van der Waals surface area contributed by atoms with Crippen molar-refractivity contribution in [2.24, 2.45) is 0 Å². The van der Waals surface area contributed by atoms with Gasteiger partial charge in [-0.2, -0.15) is 0 Å². The number of hydrogen-bond donors (Lipinski definition) is 2. The first-order chi connectivity index (χ1) is 7.58. The molecule has 0 heterocycles. The highest BCUT2D eigenvalue weighted by Gasteiger charge is 1.96. The number of carboxylic acids is 1. The third-order valence-electron chi connectivity index (χ3n) is 2.02. The first kappa shape index (κ1) is 12.4. The second-order valence-electron chi connectivity index (χ2n) is 3.56. The Bertz CT molecular complexity index is 385. The molecule has 0 spiro atoms. The van der Waals surface area contributed by atoms with Gasteiger partial charge in [0.2, 0.25) is 0 Å². The summed E-state index contributed by atoms with van der Waals surface area (Å²) in [6.07, 6.45) is 1.16. The monoisotopic (exact) mass is 223 g/mol. The molecular weight excluding hydrogens is 209 g/mol. The zero-order valence-corrected chi connectivity index (χ0v) is 9.03. The van der Waals surface area contributed by atoms with Gasteiger partial charge in [-0.15, -0.1) is 0 Å². The van der Waals surface area contributed by atoms with Crippen LogP contribution in [0.25, 0.3) is 0 Å². The van der Waals surface area contributed by atoms with E-state index in [2.05, 4.69) is 5.32 Å². The normalized spacial score (nSPS) is 11.5. The number of carboxylic acid groups (broad SMARTS) is 1. The third kappa shape index (κ3) is 4.70. The molecule has 0 saturated carbocycles. The molecule has 86 valence electrons. The fourth-order valence-electron chi connectivity index (χ4n) is 1.27. The van der Waals surface area contributed by atoms with Crippen molar-refractivity contribution in [3.63, 3.8) is 0 Å². The molecule has 1 aromatic rings. The number of hydrogen-bond acceptors (Lipinski definition) is 2. The van der Waals surface area contributed by atoms with Crippen molar-refractivity contribution in [3.05, 3.63) is 47.3 Å². The Morgan fingerprint density at radius 1 is 1.44 bits per heavy atom. The summed E-state index contributed by atoms with van der Waals surface area (Å²) < 4.78 is 12.6. The first-order valence-corrected chi connectivity index (χ1v) is 4.93. The summed E-state index contributed by atoms with van der Waals surface area (Å²) in [5, 5.41) is 11.6. The summed E-state index contributed by atoms with van der Waals surface area (Å²) in [5.74, 6) is -1.20. The molecule has 0 aromatic heterocycles. The Labute approximate surface area is 93.6 Å². The van der Waals surface area contributed by atoms with Crippen molar-refractivity contribution in [1.82, 2.24) is 5.32 Å². The van der Waals surface area contributed by atoms with Crippen molar-refractivity contribution in [2.45, 2.75) is 13.5 Å². The third-order valence-corrected chi connectivity index (χ3v) is 2.02. The average Bonchev–Trinajstić information content (AvgIpc) is 2.20. The smallest absolute Gasteiger partial charge is 0.328 e. The van der Waals surface area contributed by atoms with E-state index in [1.165, 1.54) is 12.1 Å². The molecular formula is C12H14FNO2. The molecule has 0 atom stereocenters. The van der Waals surface area contributed by atoms with Crippen LogP contribution in [0.15, 0.2) is 35.9 Å². The van der Waals surface area contributed by atoms with E-state index in [1.807, 2.05) is 0 Å². The van der Waals surface area contributed by atoms with Crippen LogP contribution in [0, 0.1) is 5.82 Å². The van der Waals surface area contributed by atoms with Crippen molar-refractivity contribution in [2.75, 3.05) is 6.54 Å². The van der Waals surface area contributed by atoms with E-state index >= 15 is 0 Å². The molecule has 1 aromatic carbocycles. The van der Waals surface area contributed by atoms with Gasteiger partial charge < -0.3 is 10.4 Å². The number of halogens is 1. The largest absolute Gasteiger partial charge is 0.478 e. The lowest BCUT2D eigenvalue weighted by Gasteiger charge is -2.04. The van der Waals surface area contributed by atoms with Gasteiger partial charge in [0, 0.05) is 19.2 Å². The van der Waals surface area contributed by atoms with Crippen LogP contribution in [0.2, 0.25) is 0 Å². The maximum atomic E-state index is 12.6. The quantitative estimate of drug-likeness (QED) is 0.750. The van der Waals surface area contributed by atoms with Crippen molar-refractivity contribution < 1.29 is 14.3 Å². The number of aliphatic carboxylic acids is 1.